The lowest BCUT2D eigenvalue weighted by molar-refractivity contribution is -0.171. The van der Waals surface area contributed by atoms with E-state index in [1.54, 1.807) is 6.92 Å². The number of nitrogens with one attached hydrogen (secondary N) is 1. The Bertz CT molecular complexity index is 683. The summed E-state index contributed by atoms with van der Waals surface area (Å²) < 4.78 is 5.36. The van der Waals surface area contributed by atoms with Crippen LogP contribution >= 0.6 is 0 Å². The first kappa shape index (κ1) is 20.0. The summed E-state index contributed by atoms with van der Waals surface area (Å²) in [5, 5.41) is 3.62. The molecule has 27 heavy (non-hydrogen) atoms. The number of likely N-dealkylation sites (tertiary alicyclic amines) is 1. The molecule has 1 heterocycles. The van der Waals surface area contributed by atoms with Gasteiger partial charge in [0.05, 0.1) is 6.61 Å². The highest BCUT2D eigenvalue weighted by molar-refractivity contribution is 6.06. The fourth-order valence-corrected chi connectivity index (χ4v) is 4.58. The largest absolute Gasteiger partial charge is 0.465 e. The van der Waals surface area contributed by atoms with Crippen molar-refractivity contribution < 1.29 is 14.3 Å². The van der Waals surface area contributed by atoms with Gasteiger partial charge >= 0.3 is 5.97 Å². The highest BCUT2D eigenvalue weighted by Gasteiger charge is 2.58. The number of esters is 1. The topological polar surface area (TPSA) is 58.6 Å². The van der Waals surface area contributed by atoms with Crippen LogP contribution in [0.5, 0.6) is 0 Å². The molecule has 3 rings (SSSR count). The Balaban J connectivity index is 1.87. The van der Waals surface area contributed by atoms with Crippen molar-refractivity contribution in [1.82, 2.24) is 10.2 Å². The zero-order chi connectivity index (χ0) is 19.7. The normalized spacial score (nSPS) is 28.8. The van der Waals surface area contributed by atoms with E-state index in [4.69, 9.17) is 4.74 Å². The number of fused-ring (bicyclic) bond motifs is 2. The second kappa shape index (κ2) is 7.72. The van der Waals surface area contributed by atoms with Gasteiger partial charge in [-0.3, -0.25) is 14.5 Å². The van der Waals surface area contributed by atoms with E-state index < -0.39 is 5.41 Å². The predicted octanol–water partition coefficient (Wildman–Crippen LogP) is 2.79. The van der Waals surface area contributed by atoms with Crippen LogP contribution < -0.4 is 5.32 Å². The van der Waals surface area contributed by atoms with Gasteiger partial charge in [0, 0.05) is 37.1 Å². The van der Waals surface area contributed by atoms with Crippen molar-refractivity contribution in [3.63, 3.8) is 0 Å². The lowest BCUT2D eigenvalue weighted by atomic mass is 9.63. The van der Waals surface area contributed by atoms with Gasteiger partial charge in [-0.25, -0.2) is 0 Å². The Morgan fingerprint density at radius 2 is 2.00 bits per heavy atom. The number of carbonyl (C=O) groups is 2. The Morgan fingerprint density at radius 3 is 2.63 bits per heavy atom. The average Bonchev–Trinajstić information content (AvgIpc) is 2.59. The van der Waals surface area contributed by atoms with E-state index in [2.05, 4.69) is 43.1 Å². The monoisotopic (exact) mass is 372 g/mol. The van der Waals surface area contributed by atoms with Gasteiger partial charge < -0.3 is 10.1 Å². The summed E-state index contributed by atoms with van der Waals surface area (Å²) in [6.07, 6.45) is 1.38. The van der Waals surface area contributed by atoms with E-state index >= 15 is 0 Å². The van der Waals surface area contributed by atoms with Gasteiger partial charge in [-0.1, -0.05) is 30.3 Å². The molecule has 1 saturated heterocycles. The number of hydrogen-bond donors (Lipinski definition) is 1. The second-order valence-corrected chi connectivity index (χ2v) is 8.97. The first-order valence-electron chi connectivity index (χ1n) is 10.0. The maximum atomic E-state index is 13.4. The van der Waals surface area contributed by atoms with E-state index in [0.29, 0.717) is 26.1 Å². The van der Waals surface area contributed by atoms with Gasteiger partial charge in [-0.15, -0.1) is 0 Å². The third-order valence-corrected chi connectivity index (χ3v) is 5.66. The molecule has 1 unspecified atom stereocenters. The number of ether oxygens (including phenoxy) is 1. The molecule has 1 N–H and O–H groups in total. The van der Waals surface area contributed by atoms with Gasteiger partial charge in [0.15, 0.2) is 5.78 Å². The number of Topliss-reactive ketones (excluding diaryl/α,β-unsaturated/α-hetero) is 1. The van der Waals surface area contributed by atoms with Crippen LogP contribution in [0.1, 0.15) is 46.1 Å². The molecule has 1 aromatic rings. The molecule has 2 fully saturated rings. The Labute approximate surface area is 162 Å². The maximum absolute atomic E-state index is 13.4. The highest BCUT2D eigenvalue weighted by Crippen LogP contribution is 2.43. The molecule has 1 aromatic carbocycles. The van der Waals surface area contributed by atoms with Gasteiger partial charge in [0.1, 0.15) is 5.41 Å². The molecule has 2 bridgehead atoms. The minimum Gasteiger partial charge on any atom is -0.465 e. The quantitative estimate of drug-likeness (QED) is 0.636. The van der Waals surface area contributed by atoms with Crippen molar-refractivity contribution >= 4 is 11.8 Å². The third-order valence-electron chi connectivity index (χ3n) is 5.66. The lowest BCUT2D eigenvalue weighted by Crippen LogP contribution is -2.66. The summed E-state index contributed by atoms with van der Waals surface area (Å²) in [7, 11) is 0. The van der Waals surface area contributed by atoms with Crippen LogP contribution in [0, 0.1) is 11.3 Å². The molecule has 0 amide bonds. The molecule has 0 spiro atoms. The Morgan fingerprint density at radius 1 is 1.30 bits per heavy atom. The van der Waals surface area contributed by atoms with Crippen molar-refractivity contribution in [2.75, 3.05) is 19.7 Å². The molecule has 5 nitrogen and oxygen atoms in total. The maximum Gasteiger partial charge on any atom is 0.320 e. The van der Waals surface area contributed by atoms with Crippen LogP contribution in [0.15, 0.2) is 30.3 Å². The minimum absolute atomic E-state index is 0.0678. The summed E-state index contributed by atoms with van der Waals surface area (Å²) in [6, 6.07) is 10.3. The van der Waals surface area contributed by atoms with E-state index in [0.717, 1.165) is 13.0 Å². The van der Waals surface area contributed by atoms with Crippen LogP contribution in [-0.4, -0.2) is 47.9 Å². The molecular weight excluding hydrogens is 340 g/mol. The number of ketones is 1. The predicted molar refractivity (Wildman–Crippen MR) is 105 cm³/mol. The summed E-state index contributed by atoms with van der Waals surface area (Å²) in [5.41, 5.74) is 0.115. The van der Waals surface area contributed by atoms with Crippen molar-refractivity contribution in [1.29, 1.82) is 0 Å². The first-order valence-corrected chi connectivity index (χ1v) is 10.0. The van der Waals surface area contributed by atoms with Crippen LogP contribution in [0.4, 0.5) is 0 Å². The van der Waals surface area contributed by atoms with Gasteiger partial charge in [0.25, 0.3) is 0 Å². The fourth-order valence-electron chi connectivity index (χ4n) is 4.58. The van der Waals surface area contributed by atoms with E-state index in [9.17, 15) is 9.59 Å². The molecule has 1 aliphatic carbocycles. The van der Waals surface area contributed by atoms with Crippen molar-refractivity contribution in [3.8, 4) is 0 Å². The molecule has 1 aliphatic heterocycles. The smallest absolute Gasteiger partial charge is 0.320 e. The number of rotatable bonds is 5. The number of hydrogen-bond acceptors (Lipinski definition) is 5. The van der Waals surface area contributed by atoms with E-state index in [1.165, 1.54) is 5.56 Å². The third kappa shape index (κ3) is 4.25. The van der Waals surface area contributed by atoms with Gasteiger partial charge in [0.2, 0.25) is 0 Å². The number of benzene rings is 1. The van der Waals surface area contributed by atoms with Crippen molar-refractivity contribution in [2.24, 2.45) is 11.3 Å². The Kier molecular flexibility index (Phi) is 5.73. The SMILES string of the molecule is CCOC(=O)[C@@]12CCC(NC(C)(C)C)[C@@H](CN(Cc3ccccc3)C1)C2=O. The molecule has 2 aliphatic rings. The first-order chi connectivity index (χ1) is 12.7. The van der Waals surface area contributed by atoms with Crippen LogP contribution in [0.25, 0.3) is 0 Å². The van der Waals surface area contributed by atoms with E-state index in [-0.39, 0.29) is 29.3 Å². The summed E-state index contributed by atoms with van der Waals surface area (Å²) in [6.45, 7) is 10.4. The molecule has 0 radical (unpaired) electrons. The van der Waals surface area contributed by atoms with E-state index in [1.807, 2.05) is 18.2 Å². The number of carbonyl (C=O) groups excluding carboxylic acids is 2. The van der Waals surface area contributed by atoms with Crippen molar-refractivity contribution in [3.05, 3.63) is 35.9 Å². The summed E-state index contributed by atoms with van der Waals surface area (Å²) in [5.74, 6) is -0.454. The lowest BCUT2D eigenvalue weighted by Gasteiger charge is -2.50. The highest BCUT2D eigenvalue weighted by atomic mass is 16.5. The number of piperidine rings is 1. The molecular formula is C22H32N2O3. The molecule has 1 saturated carbocycles. The molecule has 5 heteroatoms. The number of nitrogens with zero attached hydrogens (tertiary/aromatic N) is 1. The van der Waals surface area contributed by atoms with Crippen LogP contribution in [0.3, 0.4) is 0 Å². The summed E-state index contributed by atoms with van der Waals surface area (Å²) in [4.78, 5) is 28.5. The fraction of sp³-hybridized carbons (Fsp3) is 0.636. The van der Waals surface area contributed by atoms with Crippen LogP contribution in [0.2, 0.25) is 0 Å². The zero-order valence-corrected chi connectivity index (χ0v) is 17.0. The standard InChI is InChI=1S/C22H32N2O3/c1-5-27-20(26)22-12-11-18(23-21(2,3)4)17(19(22)25)14-24(15-22)13-16-9-7-6-8-10-16/h6-10,17-18,23H,5,11-15H2,1-4H3/t17-,18?,22+/m1/s1. The zero-order valence-electron chi connectivity index (χ0n) is 17.0. The minimum atomic E-state index is -1.01. The average molecular weight is 373 g/mol. The molecule has 148 valence electrons. The second-order valence-electron chi connectivity index (χ2n) is 8.97. The molecule has 3 atom stereocenters. The van der Waals surface area contributed by atoms with Gasteiger partial charge in [-0.05, 0) is 46.1 Å². The van der Waals surface area contributed by atoms with Crippen LogP contribution in [-0.2, 0) is 20.9 Å². The van der Waals surface area contributed by atoms with Gasteiger partial charge in [-0.2, -0.15) is 0 Å². The molecule has 0 aromatic heterocycles. The van der Waals surface area contributed by atoms with Crippen molar-refractivity contribution in [2.45, 2.75) is 58.7 Å². The summed E-state index contributed by atoms with van der Waals surface area (Å²) >= 11 is 0. The Hall–Kier alpha value is -1.72.